The molecule has 144 valence electrons. The van der Waals surface area contributed by atoms with Crippen molar-refractivity contribution in [2.24, 2.45) is 0 Å². The molecule has 3 N–H and O–H groups in total. The Morgan fingerprint density at radius 1 is 0.963 bits per heavy atom. The number of nitrogens with two attached hydrogens (primary N) is 1. The largest absolute Gasteiger partial charge is 0.369 e. The van der Waals surface area contributed by atoms with Crippen molar-refractivity contribution in [3.05, 3.63) is 59.2 Å². The van der Waals surface area contributed by atoms with Crippen molar-refractivity contribution in [1.82, 2.24) is 9.97 Å². The number of fused-ring (bicyclic) bond motifs is 1. The summed E-state index contributed by atoms with van der Waals surface area (Å²) in [5, 5.41) is 4.42. The fraction of sp³-hybridized carbons (Fsp3) is 0.391. The summed E-state index contributed by atoms with van der Waals surface area (Å²) in [5.41, 5.74) is 10.7. The molecule has 3 aromatic rings. The number of aromatic nitrogens is 2. The van der Waals surface area contributed by atoms with Crippen LogP contribution in [0.3, 0.4) is 0 Å². The van der Waals surface area contributed by atoms with Gasteiger partial charge in [-0.15, -0.1) is 0 Å². The fourth-order valence-electron chi connectivity index (χ4n) is 2.96. The monoisotopic (exact) mass is 364 g/mol. The van der Waals surface area contributed by atoms with Crippen LogP contribution in [-0.2, 0) is 12.8 Å². The minimum atomic E-state index is 0.331. The van der Waals surface area contributed by atoms with Crippen LogP contribution in [0.15, 0.2) is 42.5 Å². The predicted molar refractivity (Wildman–Crippen MR) is 117 cm³/mol. The van der Waals surface area contributed by atoms with E-state index in [0.717, 1.165) is 48.9 Å². The second-order valence-corrected chi connectivity index (χ2v) is 6.70. The topological polar surface area (TPSA) is 63.8 Å². The Kier molecular flexibility index (Phi) is 8.05. The third-order valence-electron chi connectivity index (χ3n) is 4.63. The molecule has 1 heterocycles. The van der Waals surface area contributed by atoms with Crippen LogP contribution in [0.2, 0.25) is 0 Å². The summed E-state index contributed by atoms with van der Waals surface area (Å²) in [6, 6.07) is 14.7. The minimum Gasteiger partial charge on any atom is -0.369 e. The molecule has 0 unspecified atom stereocenters. The predicted octanol–water partition coefficient (Wildman–Crippen LogP) is 5.54. The van der Waals surface area contributed by atoms with E-state index in [-0.39, 0.29) is 0 Å². The summed E-state index contributed by atoms with van der Waals surface area (Å²) in [6.07, 6.45) is 4.42. The number of aryl methyl sites for hydroxylation is 3. The molecule has 27 heavy (non-hydrogen) atoms. The summed E-state index contributed by atoms with van der Waals surface area (Å²) < 4.78 is 0. The Hall–Kier alpha value is -2.62. The van der Waals surface area contributed by atoms with Crippen molar-refractivity contribution < 1.29 is 0 Å². The summed E-state index contributed by atoms with van der Waals surface area (Å²) in [4.78, 5) is 8.67. The molecule has 0 aliphatic rings. The molecule has 0 fully saturated rings. The zero-order valence-electron chi connectivity index (χ0n) is 17.0. The number of nitrogens with zero attached hydrogens (tertiary/aromatic N) is 2. The average molecular weight is 365 g/mol. The van der Waals surface area contributed by atoms with Crippen LogP contribution in [0.5, 0.6) is 0 Å². The Bertz CT molecular complexity index is 844. The molecule has 1 aromatic heterocycles. The molecule has 0 atom stereocenters. The van der Waals surface area contributed by atoms with Gasteiger partial charge in [0.1, 0.15) is 5.82 Å². The molecule has 4 nitrogen and oxygen atoms in total. The lowest BCUT2D eigenvalue weighted by atomic mass is 10.0. The third kappa shape index (κ3) is 5.95. The number of rotatable bonds is 6. The lowest BCUT2D eigenvalue weighted by Gasteiger charge is -2.11. The number of nitrogens with one attached hydrogen (secondary N) is 1. The third-order valence-corrected chi connectivity index (χ3v) is 4.63. The van der Waals surface area contributed by atoms with Crippen LogP contribution < -0.4 is 11.1 Å². The first kappa shape index (κ1) is 20.7. The van der Waals surface area contributed by atoms with E-state index in [9.17, 15) is 0 Å². The quantitative estimate of drug-likeness (QED) is 0.563. The number of nitrogen functional groups attached to an aromatic ring is 1. The smallest absolute Gasteiger partial charge is 0.222 e. The van der Waals surface area contributed by atoms with E-state index < -0.39 is 0 Å². The van der Waals surface area contributed by atoms with Gasteiger partial charge in [-0.2, -0.15) is 4.98 Å². The molecule has 3 rings (SSSR count). The van der Waals surface area contributed by atoms with Gasteiger partial charge in [-0.1, -0.05) is 57.5 Å². The maximum Gasteiger partial charge on any atom is 0.222 e. The molecular formula is C23H32N4. The van der Waals surface area contributed by atoms with Gasteiger partial charge in [-0.3, -0.25) is 0 Å². The Balaban J connectivity index is 0.000000273. The number of anilines is 2. The molecule has 0 spiro atoms. The molecule has 0 aliphatic carbocycles. The second-order valence-electron chi connectivity index (χ2n) is 6.70. The van der Waals surface area contributed by atoms with Crippen LogP contribution in [0.25, 0.3) is 10.9 Å². The highest BCUT2D eigenvalue weighted by molar-refractivity contribution is 5.91. The summed E-state index contributed by atoms with van der Waals surface area (Å²) in [7, 11) is 0. The van der Waals surface area contributed by atoms with Gasteiger partial charge < -0.3 is 11.1 Å². The molecule has 4 heteroatoms. The minimum absolute atomic E-state index is 0.331. The Morgan fingerprint density at radius 3 is 2.30 bits per heavy atom. The Labute approximate surface area is 163 Å². The molecule has 2 aromatic carbocycles. The van der Waals surface area contributed by atoms with Gasteiger partial charge in [0.2, 0.25) is 5.95 Å². The Morgan fingerprint density at radius 2 is 1.70 bits per heavy atom. The number of unbranched alkanes of at least 4 members (excludes halogenated alkanes) is 1. The SMILES string of the molecule is CCCCNc1nc(N)nc2cc(CC)c(C)cc12.CCc1ccccc1. The highest BCUT2D eigenvalue weighted by Crippen LogP contribution is 2.25. The lowest BCUT2D eigenvalue weighted by Crippen LogP contribution is -2.07. The van der Waals surface area contributed by atoms with Crippen molar-refractivity contribution in [3.63, 3.8) is 0 Å². The molecule has 0 aliphatic heterocycles. The van der Waals surface area contributed by atoms with Gasteiger partial charge in [0, 0.05) is 11.9 Å². The maximum atomic E-state index is 5.80. The van der Waals surface area contributed by atoms with E-state index in [2.05, 4.69) is 79.4 Å². The number of hydrogen-bond donors (Lipinski definition) is 2. The molecular weight excluding hydrogens is 332 g/mol. The van der Waals surface area contributed by atoms with Crippen LogP contribution >= 0.6 is 0 Å². The van der Waals surface area contributed by atoms with E-state index in [1.54, 1.807) is 0 Å². The van der Waals surface area contributed by atoms with Gasteiger partial charge >= 0.3 is 0 Å². The molecule has 0 radical (unpaired) electrons. The standard InChI is InChI=1S/C15H22N4.C8H10/c1-4-6-7-17-14-12-8-10(3)11(5-2)9-13(12)18-15(16)19-14;1-2-8-6-4-3-5-7-8/h8-9H,4-7H2,1-3H3,(H3,16,17,18,19);3-7H,2H2,1H3. The van der Waals surface area contributed by atoms with E-state index >= 15 is 0 Å². The molecule has 0 amide bonds. The van der Waals surface area contributed by atoms with E-state index in [4.69, 9.17) is 5.73 Å². The van der Waals surface area contributed by atoms with Gasteiger partial charge in [0.25, 0.3) is 0 Å². The second kappa shape index (κ2) is 10.5. The van der Waals surface area contributed by atoms with E-state index in [1.807, 2.05) is 6.07 Å². The van der Waals surface area contributed by atoms with Crippen molar-refractivity contribution in [2.75, 3.05) is 17.6 Å². The summed E-state index contributed by atoms with van der Waals surface area (Å²) in [5.74, 6) is 1.18. The normalized spacial score (nSPS) is 10.4. The van der Waals surface area contributed by atoms with Crippen LogP contribution in [-0.4, -0.2) is 16.5 Å². The number of benzene rings is 2. The van der Waals surface area contributed by atoms with Crippen molar-refractivity contribution in [2.45, 2.75) is 53.4 Å². The van der Waals surface area contributed by atoms with E-state index in [0.29, 0.717) is 5.95 Å². The fourth-order valence-corrected chi connectivity index (χ4v) is 2.96. The summed E-state index contributed by atoms with van der Waals surface area (Å²) in [6.45, 7) is 9.53. The van der Waals surface area contributed by atoms with E-state index in [1.165, 1.54) is 16.7 Å². The van der Waals surface area contributed by atoms with Gasteiger partial charge in [0.05, 0.1) is 5.52 Å². The van der Waals surface area contributed by atoms with Crippen molar-refractivity contribution in [3.8, 4) is 0 Å². The van der Waals surface area contributed by atoms with Gasteiger partial charge in [-0.25, -0.2) is 4.98 Å². The number of hydrogen-bond acceptors (Lipinski definition) is 4. The summed E-state index contributed by atoms with van der Waals surface area (Å²) >= 11 is 0. The van der Waals surface area contributed by atoms with Gasteiger partial charge in [-0.05, 0) is 55.0 Å². The average Bonchev–Trinajstić information content (AvgIpc) is 2.69. The molecule has 0 bridgehead atoms. The molecule has 0 saturated heterocycles. The van der Waals surface area contributed by atoms with Crippen LogP contribution in [0.4, 0.5) is 11.8 Å². The van der Waals surface area contributed by atoms with Crippen molar-refractivity contribution in [1.29, 1.82) is 0 Å². The maximum absolute atomic E-state index is 5.80. The first-order valence-corrected chi connectivity index (χ1v) is 9.93. The molecule has 0 saturated carbocycles. The first-order valence-electron chi connectivity index (χ1n) is 9.93. The van der Waals surface area contributed by atoms with Crippen LogP contribution in [0, 0.1) is 6.92 Å². The van der Waals surface area contributed by atoms with Crippen molar-refractivity contribution >= 4 is 22.7 Å². The van der Waals surface area contributed by atoms with Crippen LogP contribution in [0.1, 0.15) is 50.3 Å². The zero-order valence-corrected chi connectivity index (χ0v) is 17.0. The highest BCUT2D eigenvalue weighted by Gasteiger charge is 2.08. The highest BCUT2D eigenvalue weighted by atomic mass is 15.1. The zero-order chi connectivity index (χ0) is 19.6. The van der Waals surface area contributed by atoms with Gasteiger partial charge in [0.15, 0.2) is 0 Å². The first-order chi connectivity index (χ1) is 13.1. The lowest BCUT2D eigenvalue weighted by molar-refractivity contribution is 0.832.